The molecule has 3 rings (SSSR count). The number of nitrogens with zero attached hydrogens (tertiary/aromatic N) is 1. The lowest BCUT2D eigenvalue weighted by Gasteiger charge is -2.38. The molecule has 0 amide bonds. The number of methoxy groups -OCH3 is 1. The Bertz CT molecular complexity index is 385. The van der Waals surface area contributed by atoms with Gasteiger partial charge in [0, 0.05) is 13.7 Å². The van der Waals surface area contributed by atoms with Crippen LogP contribution in [-0.4, -0.2) is 44.4 Å². The highest BCUT2D eigenvalue weighted by molar-refractivity contribution is 7.07. The van der Waals surface area contributed by atoms with E-state index in [-0.39, 0.29) is 0 Å². The number of thiophene rings is 1. The summed E-state index contributed by atoms with van der Waals surface area (Å²) >= 11 is 1.79. The highest BCUT2D eigenvalue weighted by Crippen LogP contribution is 2.42. The van der Waals surface area contributed by atoms with E-state index in [4.69, 9.17) is 9.47 Å². The van der Waals surface area contributed by atoms with Crippen molar-refractivity contribution < 1.29 is 9.47 Å². The number of piperidine rings is 1. The summed E-state index contributed by atoms with van der Waals surface area (Å²) in [4.78, 5) is 2.58. The molecule has 2 fully saturated rings. The third-order valence-electron chi connectivity index (χ3n) is 4.54. The Kier molecular flexibility index (Phi) is 4.22. The van der Waals surface area contributed by atoms with Crippen LogP contribution >= 0.6 is 11.3 Å². The number of likely N-dealkylation sites (tertiary alicyclic amines) is 1. The van der Waals surface area contributed by atoms with Crippen molar-refractivity contribution in [1.29, 1.82) is 0 Å². The van der Waals surface area contributed by atoms with Crippen LogP contribution in [0.2, 0.25) is 0 Å². The molecule has 0 aromatic carbocycles. The minimum atomic E-state index is 0.327. The average Bonchev–Trinajstić information content (AvgIpc) is 3.04. The molecule has 0 saturated carbocycles. The van der Waals surface area contributed by atoms with Crippen LogP contribution in [0.25, 0.3) is 0 Å². The number of hydrogen-bond donors (Lipinski definition) is 0. The molecule has 19 heavy (non-hydrogen) atoms. The van der Waals surface area contributed by atoms with Gasteiger partial charge in [0.05, 0.1) is 19.3 Å². The van der Waals surface area contributed by atoms with Gasteiger partial charge in [0.25, 0.3) is 0 Å². The molecule has 2 aliphatic heterocycles. The molecule has 0 bridgehead atoms. The van der Waals surface area contributed by atoms with E-state index < -0.39 is 0 Å². The highest BCUT2D eigenvalue weighted by atomic mass is 32.1. The molecule has 1 aromatic rings. The zero-order chi connectivity index (χ0) is 13.1. The van der Waals surface area contributed by atoms with E-state index in [0.29, 0.717) is 11.5 Å². The van der Waals surface area contributed by atoms with Crippen molar-refractivity contribution in [3.63, 3.8) is 0 Å². The van der Waals surface area contributed by atoms with Gasteiger partial charge in [-0.25, -0.2) is 0 Å². The van der Waals surface area contributed by atoms with Crippen LogP contribution in [-0.2, 0) is 16.0 Å². The van der Waals surface area contributed by atoms with E-state index in [1.165, 1.54) is 37.9 Å². The zero-order valence-electron chi connectivity index (χ0n) is 11.6. The fraction of sp³-hybridized carbons (Fsp3) is 0.733. The molecule has 3 heterocycles. The summed E-state index contributed by atoms with van der Waals surface area (Å²) in [6, 6.07) is 2.24. The van der Waals surface area contributed by atoms with Gasteiger partial charge in [-0.3, -0.25) is 4.90 Å². The van der Waals surface area contributed by atoms with E-state index in [1.54, 1.807) is 18.4 Å². The van der Waals surface area contributed by atoms with Crippen molar-refractivity contribution in [2.24, 2.45) is 5.41 Å². The largest absolute Gasteiger partial charge is 0.382 e. The van der Waals surface area contributed by atoms with Crippen LogP contribution in [0.15, 0.2) is 16.8 Å². The minimum absolute atomic E-state index is 0.327. The number of ether oxygens (including phenoxy) is 2. The van der Waals surface area contributed by atoms with Crippen LogP contribution in [0.3, 0.4) is 0 Å². The second-order valence-electron chi connectivity index (χ2n) is 6.00. The molecule has 106 valence electrons. The lowest BCUT2D eigenvalue weighted by molar-refractivity contribution is 0.0284. The molecule has 1 atom stereocenters. The summed E-state index contributed by atoms with van der Waals surface area (Å²) in [5, 5.41) is 4.43. The van der Waals surface area contributed by atoms with Crippen LogP contribution in [0.1, 0.15) is 24.8 Å². The second kappa shape index (κ2) is 5.92. The first kappa shape index (κ1) is 13.6. The van der Waals surface area contributed by atoms with Crippen LogP contribution in [0.4, 0.5) is 0 Å². The van der Waals surface area contributed by atoms with Crippen molar-refractivity contribution in [3.8, 4) is 0 Å². The van der Waals surface area contributed by atoms with E-state index in [2.05, 4.69) is 21.7 Å². The predicted octanol–water partition coefficient (Wildman–Crippen LogP) is 2.77. The summed E-state index contributed by atoms with van der Waals surface area (Å²) < 4.78 is 11.1. The molecule has 0 radical (unpaired) electrons. The summed E-state index contributed by atoms with van der Waals surface area (Å²) in [5.74, 6) is 0. The average molecular weight is 281 g/mol. The van der Waals surface area contributed by atoms with Crippen molar-refractivity contribution in [1.82, 2.24) is 4.90 Å². The lowest BCUT2D eigenvalue weighted by atomic mass is 9.76. The first-order valence-corrected chi connectivity index (χ1v) is 8.08. The molecule has 0 N–H and O–H groups in total. The molecular weight excluding hydrogens is 258 g/mol. The first-order valence-electron chi connectivity index (χ1n) is 7.14. The van der Waals surface area contributed by atoms with E-state index in [1.807, 2.05) is 0 Å². The molecule has 2 saturated heterocycles. The quantitative estimate of drug-likeness (QED) is 0.847. The van der Waals surface area contributed by atoms with Crippen molar-refractivity contribution in [3.05, 3.63) is 22.4 Å². The van der Waals surface area contributed by atoms with E-state index in [9.17, 15) is 0 Å². The van der Waals surface area contributed by atoms with Crippen LogP contribution in [0.5, 0.6) is 0 Å². The smallest absolute Gasteiger partial charge is 0.0814 e. The topological polar surface area (TPSA) is 21.7 Å². The van der Waals surface area contributed by atoms with Gasteiger partial charge in [-0.15, -0.1) is 0 Å². The van der Waals surface area contributed by atoms with Crippen LogP contribution in [0, 0.1) is 5.41 Å². The number of hydrogen-bond acceptors (Lipinski definition) is 4. The molecule has 4 heteroatoms. The van der Waals surface area contributed by atoms with Gasteiger partial charge in [0.2, 0.25) is 0 Å². The zero-order valence-corrected chi connectivity index (χ0v) is 12.5. The van der Waals surface area contributed by atoms with Crippen LogP contribution < -0.4 is 0 Å². The van der Waals surface area contributed by atoms with Gasteiger partial charge in [-0.05, 0) is 60.2 Å². The van der Waals surface area contributed by atoms with Crippen molar-refractivity contribution >= 4 is 11.3 Å². The Hall–Kier alpha value is -0.420. The summed E-state index contributed by atoms with van der Waals surface area (Å²) in [6.45, 7) is 5.22. The van der Waals surface area contributed by atoms with Gasteiger partial charge >= 0.3 is 0 Å². The maximum atomic E-state index is 5.89. The van der Waals surface area contributed by atoms with E-state index in [0.717, 1.165) is 19.8 Å². The van der Waals surface area contributed by atoms with Gasteiger partial charge in [0.15, 0.2) is 0 Å². The van der Waals surface area contributed by atoms with Gasteiger partial charge < -0.3 is 9.47 Å². The lowest BCUT2D eigenvalue weighted by Crippen LogP contribution is -2.40. The molecule has 2 aliphatic rings. The fourth-order valence-corrected chi connectivity index (χ4v) is 4.02. The minimum Gasteiger partial charge on any atom is -0.382 e. The van der Waals surface area contributed by atoms with Crippen molar-refractivity contribution in [2.45, 2.75) is 31.9 Å². The highest BCUT2D eigenvalue weighted by Gasteiger charge is 2.42. The fourth-order valence-electron chi connectivity index (χ4n) is 3.36. The predicted molar refractivity (Wildman–Crippen MR) is 77.5 cm³/mol. The Morgan fingerprint density at radius 1 is 1.47 bits per heavy atom. The molecule has 1 unspecified atom stereocenters. The SMILES string of the molecule is COCC1CC2(CCN(Cc3ccsc3)CC2)CO1. The summed E-state index contributed by atoms with van der Waals surface area (Å²) in [5.41, 5.74) is 1.90. The summed E-state index contributed by atoms with van der Waals surface area (Å²) in [7, 11) is 1.76. The first-order chi connectivity index (χ1) is 9.30. The third kappa shape index (κ3) is 3.19. The monoisotopic (exact) mass is 281 g/mol. The van der Waals surface area contributed by atoms with Gasteiger partial charge in [-0.1, -0.05) is 0 Å². The normalized spacial score (nSPS) is 27.1. The molecule has 3 nitrogen and oxygen atoms in total. The molecular formula is C15H23NO2S. The molecule has 1 spiro atoms. The number of rotatable bonds is 4. The van der Waals surface area contributed by atoms with Gasteiger partial charge in [0.1, 0.15) is 0 Å². The molecule has 1 aromatic heterocycles. The van der Waals surface area contributed by atoms with E-state index >= 15 is 0 Å². The molecule has 0 aliphatic carbocycles. The Morgan fingerprint density at radius 3 is 3.00 bits per heavy atom. The third-order valence-corrected chi connectivity index (χ3v) is 5.27. The van der Waals surface area contributed by atoms with Gasteiger partial charge in [-0.2, -0.15) is 11.3 Å². The Labute approximate surface area is 119 Å². The maximum Gasteiger partial charge on any atom is 0.0814 e. The Morgan fingerprint density at radius 2 is 2.32 bits per heavy atom. The Balaban J connectivity index is 1.49. The second-order valence-corrected chi connectivity index (χ2v) is 6.78. The standard InChI is InChI=1S/C15H23NO2S/c1-17-10-14-8-15(12-18-14)3-5-16(6-4-15)9-13-2-7-19-11-13/h2,7,11,14H,3-6,8-10,12H2,1H3. The summed E-state index contributed by atoms with van der Waals surface area (Å²) in [6.07, 6.45) is 4.07. The van der Waals surface area contributed by atoms with Crippen molar-refractivity contribution in [2.75, 3.05) is 33.4 Å². The maximum absolute atomic E-state index is 5.89.